The lowest BCUT2D eigenvalue weighted by Crippen LogP contribution is -2.25. The molecule has 4 rings (SSSR count). The lowest BCUT2D eigenvalue weighted by atomic mass is 10.1. The molecule has 2 N–H and O–H groups in total. The second-order valence-corrected chi connectivity index (χ2v) is 6.14. The van der Waals surface area contributed by atoms with E-state index in [2.05, 4.69) is 10.6 Å². The van der Waals surface area contributed by atoms with Gasteiger partial charge < -0.3 is 20.1 Å². The van der Waals surface area contributed by atoms with Crippen LogP contribution in [0, 0.1) is 0 Å². The number of hydrogen-bond acceptors (Lipinski definition) is 4. The fourth-order valence-corrected chi connectivity index (χ4v) is 2.59. The molecule has 25 heavy (non-hydrogen) atoms. The number of anilines is 1. The van der Waals surface area contributed by atoms with Gasteiger partial charge >= 0.3 is 0 Å². The fraction of sp³-hybridized carbons (Fsp3) is 0.263. The van der Waals surface area contributed by atoms with E-state index >= 15 is 0 Å². The van der Waals surface area contributed by atoms with Crippen molar-refractivity contribution < 1.29 is 19.1 Å². The van der Waals surface area contributed by atoms with Gasteiger partial charge in [0.25, 0.3) is 11.8 Å². The summed E-state index contributed by atoms with van der Waals surface area (Å²) in [5.41, 5.74) is 1.67. The normalized spacial score (nSPS) is 15.4. The Hall–Kier alpha value is -3.02. The van der Waals surface area contributed by atoms with E-state index in [1.807, 2.05) is 0 Å². The van der Waals surface area contributed by atoms with Crippen molar-refractivity contribution in [1.29, 1.82) is 0 Å². The van der Waals surface area contributed by atoms with Gasteiger partial charge in [0.2, 0.25) is 0 Å². The minimum Gasteiger partial charge on any atom is -0.486 e. The van der Waals surface area contributed by atoms with Gasteiger partial charge in [0.05, 0.1) is 0 Å². The molecule has 2 aromatic rings. The number of carbonyl (C=O) groups excluding carboxylic acids is 2. The van der Waals surface area contributed by atoms with Crippen LogP contribution in [0.1, 0.15) is 33.6 Å². The van der Waals surface area contributed by atoms with Crippen LogP contribution in [0.2, 0.25) is 0 Å². The highest BCUT2D eigenvalue weighted by Crippen LogP contribution is 2.32. The zero-order valence-electron chi connectivity index (χ0n) is 13.6. The van der Waals surface area contributed by atoms with Gasteiger partial charge in [-0.2, -0.15) is 0 Å². The molecule has 2 amide bonds. The topological polar surface area (TPSA) is 76.7 Å². The second kappa shape index (κ2) is 6.47. The Balaban J connectivity index is 1.43. The highest BCUT2D eigenvalue weighted by Gasteiger charge is 2.23. The van der Waals surface area contributed by atoms with Crippen molar-refractivity contribution in [2.45, 2.75) is 18.9 Å². The fourth-order valence-electron chi connectivity index (χ4n) is 2.59. The first-order chi connectivity index (χ1) is 12.2. The number of ether oxygens (including phenoxy) is 2. The maximum absolute atomic E-state index is 12.4. The molecule has 0 bridgehead atoms. The first-order valence-corrected chi connectivity index (χ1v) is 8.31. The summed E-state index contributed by atoms with van der Waals surface area (Å²) in [5.74, 6) is 0.957. The minimum atomic E-state index is -0.245. The lowest BCUT2D eigenvalue weighted by molar-refractivity contribution is 0.0949. The van der Waals surface area contributed by atoms with E-state index in [9.17, 15) is 9.59 Å². The van der Waals surface area contributed by atoms with Gasteiger partial charge in [-0.1, -0.05) is 0 Å². The minimum absolute atomic E-state index is 0.0960. The van der Waals surface area contributed by atoms with E-state index in [1.165, 1.54) is 0 Å². The zero-order valence-corrected chi connectivity index (χ0v) is 13.6. The van der Waals surface area contributed by atoms with E-state index in [4.69, 9.17) is 9.47 Å². The van der Waals surface area contributed by atoms with Crippen LogP contribution in [-0.4, -0.2) is 31.1 Å². The van der Waals surface area contributed by atoms with Crippen LogP contribution in [0.25, 0.3) is 0 Å². The molecule has 0 aromatic heterocycles. The van der Waals surface area contributed by atoms with Crippen LogP contribution in [0.3, 0.4) is 0 Å². The lowest BCUT2D eigenvalue weighted by Gasteiger charge is -2.19. The molecule has 128 valence electrons. The number of rotatable bonds is 4. The van der Waals surface area contributed by atoms with Crippen LogP contribution >= 0.6 is 0 Å². The average Bonchev–Trinajstić information content (AvgIpc) is 3.45. The Morgan fingerprint density at radius 2 is 1.48 bits per heavy atom. The molecule has 0 spiro atoms. The third-order valence-corrected chi connectivity index (χ3v) is 4.12. The molecule has 0 saturated heterocycles. The SMILES string of the molecule is O=C(Nc1ccc2c(c1)OCCO2)c1ccc(C(=O)NC2CC2)cc1. The van der Waals surface area contributed by atoms with Gasteiger partial charge in [-0.05, 0) is 49.2 Å². The molecule has 2 aromatic carbocycles. The third kappa shape index (κ3) is 3.57. The smallest absolute Gasteiger partial charge is 0.255 e. The quantitative estimate of drug-likeness (QED) is 0.898. The Kier molecular flexibility index (Phi) is 4.01. The average molecular weight is 338 g/mol. The van der Waals surface area contributed by atoms with Crippen molar-refractivity contribution >= 4 is 17.5 Å². The summed E-state index contributed by atoms with van der Waals surface area (Å²) >= 11 is 0. The largest absolute Gasteiger partial charge is 0.486 e. The number of benzene rings is 2. The maximum Gasteiger partial charge on any atom is 0.255 e. The van der Waals surface area contributed by atoms with Crippen LogP contribution in [0.15, 0.2) is 42.5 Å². The van der Waals surface area contributed by atoms with E-state index in [-0.39, 0.29) is 11.8 Å². The summed E-state index contributed by atoms with van der Waals surface area (Å²) in [5, 5.41) is 5.75. The molecular formula is C19H18N2O4. The van der Waals surface area contributed by atoms with Gasteiger partial charge in [-0.3, -0.25) is 9.59 Å². The molecule has 1 heterocycles. The summed E-state index contributed by atoms with van der Waals surface area (Å²) in [4.78, 5) is 24.3. The second-order valence-electron chi connectivity index (χ2n) is 6.14. The molecule has 0 unspecified atom stereocenters. The number of nitrogens with one attached hydrogen (secondary N) is 2. The molecule has 2 aliphatic rings. The van der Waals surface area contributed by atoms with Gasteiger partial charge in [-0.25, -0.2) is 0 Å². The molecule has 0 atom stereocenters. The van der Waals surface area contributed by atoms with Crippen molar-refractivity contribution in [3.8, 4) is 11.5 Å². The van der Waals surface area contributed by atoms with Gasteiger partial charge in [0.1, 0.15) is 13.2 Å². The van der Waals surface area contributed by atoms with Crippen molar-refractivity contribution in [2.75, 3.05) is 18.5 Å². The highest BCUT2D eigenvalue weighted by molar-refractivity contribution is 6.05. The van der Waals surface area contributed by atoms with E-state index in [0.29, 0.717) is 47.6 Å². The molecular weight excluding hydrogens is 320 g/mol. The Labute approximate surface area is 145 Å². The van der Waals surface area contributed by atoms with E-state index < -0.39 is 0 Å². The molecule has 1 aliphatic carbocycles. The first kappa shape index (κ1) is 15.5. The predicted octanol–water partition coefficient (Wildman–Crippen LogP) is 2.60. The molecule has 1 aliphatic heterocycles. The predicted molar refractivity (Wildman–Crippen MR) is 92.3 cm³/mol. The maximum atomic E-state index is 12.4. The number of carbonyl (C=O) groups is 2. The van der Waals surface area contributed by atoms with Crippen molar-refractivity contribution in [2.24, 2.45) is 0 Å². The monoisotopic (exact) mass is 338 g/mol. The Morgan fingerprint density at radius 3 is 2.16 bits per heavy atom. The van der Waals surface area contributed by atoms with Crippen LogP contribution in [0.4, 0.5) is 5.69 Å². The van der Waals surface area contributed by atoms with Gasteiger partial charge in [0.15, 0.2) is 11.5 Å². The standard InChI is InChI=1S/C19H18N2O4/c22-18(20-14-5-6-14)12-1-3-13(4-2-12)19(23)21-15-7-8-16-17(11-15)25-10-9-24-16/h1-4,7-8,11,14H,5-6,9-10H2,(H,20,22)(H,21,23). The third-order valence-electron chi connectivity index (χ3n) is 4.12. The van der Waals surface area contributed by atoms with Crippen LogP contribution in [0.5, 0.6) is 11.5 Å². The Morgan fingerprint density at radius 1 is 0.840 bits per heavy atom. The van der Waals surface area contributed by atoms with Crippen molar-refractivity contribution in [1.82, 2.24) is 5.32 Å². The van der Waals surface area contributed by atoms with Gasteiger partial charge in [0, 0.05) is 28.9 Å². The highest BCUT2D eigenvalue weighted by atomic mass is 16.6. The summed E-state index contributed by atoms with van der Waals surface area (Å²) in [7, 11) is 0. The summed E-state index contributed by atoms with van der Waals surface area (Å²) in [6.45, 7) is 1.02. The summed E-state index contributed by atoms with van der Waals surface area (Å²) < 4.78 is 11.0. The van der Waals surface area contributed by atoms with Crippen molar-refractivity contribution in [3.05, 3.63) is 53.6 Å². The zero-order chi connectivity index (χ0) is 17.2. The van der Waals surface area contributed by atoms with Gasteiger partial charge in [-0.15, -0.1) is 0 Å². The van der Waals surface area contributed by atoms with Crippen LogP contribution < -0.4 is 20.1 Å². The molecule has 6 nitrogen and oxygen atoms in total. The summed E-state index contributed by atoms with van der Waals surface area (Å²) in [6.07, 6.45) is 2.09. The molecule has 6 heteroatoms. The number of hydrogen-bond donors (Lipinski definition) is 2. The number of amides is 2. The Bertz CT molecular complexity index is 813. The van der Waals surface area contributed by atoms with E-state index in [1.54, 1.807) is 42.5 Å². The molecule has 1 saturated carbocycles. The molecule has 1 fully saturated rings. The molecule has 0 radical (unpaired) electrons. The number of fused-ring (bicyclic) bond motifs is 1. The van der Waals surface area contributed by atoms with Crippen molar-refractivity contribution in [3.63, 3.8) is 0 Å². The first-order valence-electron chi connectivity index (χ1n) is 8.31. The summed E-state index contributed by atoms with van der Waals surface area (Å²) in [6, 6.07) is 12.2. The van der Waals surface area contributed by atoms with E-state index in [0.717, 1.165) is 12.8 Å². The van der Waals surface area contributed by atoms with Crippen LogP contribution in [-0.2, 0) is 0 Å².